The van der Waals surface area contributed by atoms with Crippen LogP contribution < -0.4 is 19.1 Å². The van der Waals surface area contributed by atoms with Crippen LogP contribution in [0, 0.1) is 0 Å². The highest BCUT2D eigenvalue weighted by molar-refractivity contribution is 5.92. The molecule has 0 radical (unpaired) electrons. The van der Waals surface area contributed by atoms with Crippen LogP contribution in [0.4, 0.5) is 5.82 Å². The summed E-state index contributed by atoms with van der Waals surface area (Å²) in [6.07, 6.45) is 2.67. The number of anilines is 1. The van der Waals surface area contributed by atoms with E-state index in [4.69, 9.17) is 14.2 Å². The molecule has 1 fully saturated rings. The monoisotopic (exact) mass is 407 g/mol. The Morgan fingerprint density at radius 2 is 1.67 bits per heavy atom. The molecule has 6 nitrogen and oxygen atoms in total. The molecule has 3 aromatic rings. The van der Waals surface area contributed by atoms with Gasteiger partial charge in [-0.25, -0.2) is 9.97 Å². The van der Waals surface area contributed by atoms with E-state index in [2.05, 4.69) is 59.9 Å². The van der Waals surface area contributed by atoms with Crippen molar-refractivity contribution >= 4 is 16.7 Å². The van der Waals surface area contributed by atoms with Gasteiger partial charge in [-0.05, 0) is 29.2 Å². The zero-order valence-electron chi connectivity index (χ0n) is 18.3. The summed E-state index contributed by atoms with van der Waals surface area (Å²) in [5, 5.41) is 0.949. The molecule has 1 saturated heterocycles. The highest BCUT2D eigenvalue weighted by atomic mass is 16.5. The number of hydrogen-bond acceptors (Lipinski definition) is 6. The first-order valence-corrected chi connectivity index (χ1v) is 10.3. The van der Waals surface area contributed by atoms with Crippen molar-refractivity contribution in [1.82, 2.24) is 9.97 Å². The third kappa shape index (κ3) is 3.99. The maximum Gasteiger partial charge on any atom is 0.162 e. The summed E-state index contributed by atoms with van der Waals surface area (Å²) in [5.74, 6) is 3.15. The van der Waals surface area contributed by atoms with Crippen LogP contribution in [0.2, 0.25) is 0 Å². The highest BCUT2D eigenvalue weighted by Crippen LogP contribution is 2.36. The Kier molecular flexibility index (Phi) is 5.41. The first kappa shape index (κ1) is 20.3. The Morgan fingerprint density at radius 3 is 2.33 bits per heavy atom. The SMILES string of the molecule is COc1cc2ncnc(N3CC[C@@H](Oc4ccc(C(C)(C)C)cc4)C3)c2cc1OC. The van der Waals surface area contributed by atoms with Crippen LogP contribution in [-0.2, 0) is 5.41 Å². The lowest BCUT2D eigenvalue weighted by atomic mass is 9.87. The third-order valence-corrected chi connectivity index (χ3v) is 5.59. The van der Waals surface area contributed by atoms with Gasteiger partial charge in [0.1, 0.15) is 24.0 Å². The first-order valence-electron chi connectivity index (χ1n) is 10.3. The van der Waals surface area contributed by atoms with Crippen molar-refractivity contribution in [2.24, 2.45) is 0 Å². The van der Waals surface area contributed by atoms with Gasteiger partial charge in [0.15, 0.2) is 11.5 Å². The molecule has 1 aliphatic rings. The summed E-state index contributed by atoms with van der Waals surface area (Å²) in [4.78, 5) is 11.2. The fraction of sp³-hybridized carbons (Fsp3) is 0.417. The second-order valence-electron chi connectivity index (χ2n) is 8.67. The third-order valence-electron chi connectivity index (χ3n) is 5.59. The van der Waals surface area contributed by atoms with Gasteiger partial charge in [0, 0.05) is 24.4 Å². The van der Waals surface area contributed by atoms with Gasteiger partial charge in [0.05, 0.1) is 26.3 Å². The molecule has 6 heteroatoms. The van der Waals surface area contributed by atoms with E-state index in [9.17, 15) is 0 Å². The standard InChI is InChI=1S/C24H29N3O3/c1-24(2,3)16-6-8-17(9-7-16)30-18-10-11-27(14-18)23-19-12-21(28-4)22(29-5)13-20(19)25-15-26-23/h6-9,12-13,15,18H,10-11,14H2,1-5H3/t18-/m1/s1. The summed E-state index contributed by atoms with van der Waals surface area (Å²) in [7, 11) is 3.26. The average Bonchev–Trinajstić information content (AvgIpc) is 3.20. The number of nitrogens with zero attached hydrogens (tertiary/aromatic N) is 3. The van der Waals surface area contributed by atoms with E-state index in [-0.39, 0.29) is 11.5 Å². The number of aromatic nitrogens is 2. The Bertz CT molecular complexity index is 1030. The maximum absolute atomic E-state index is 6.26. The van der Waals surface area contributed by atoms with Crippen LogP contribution >= 0.6 is 0 Å². The average molecular weight is 408 g/mol. The Hall–Kier alpha value is -3.02. The van der Waals surface area contributed by atoms with Crippen molar-refractivity contribution in [3.05, 3.63) is 48.3 Å². The molecule has 158 valence electrons. The lowest BCUT2D eigenvalue weighted by Crippen LogP contribution is -2.25. The van der Waals surface area contributed by atoms with Crippen molar-refractivity contribution in [3.8, 4) is 17.2 Å². The van der Waals surface area contributed by atoms with E-state index >= 15 is 0 Å². The zero-order chi connectivity index (χ0) is 21.3. The summed E-state index contributed by atoms with van der Waals surface area (Å²) in [5.41, 5.74) is 2.28. The summed E-state index contributed by atoms with van der Waals surface area (Å²) < 4.78 is 17.1. The largest absolute Gasteiger partial charge is 0.493 e. The molecule has 1 aliphatic heterocycles. The quantitative estimate of drug-likeness (QED) is 0.616. The molecule has 30 heavy (non-hydrogen) atoms. The molecule has 0 amide bonds. The molecular formula is C24H29N3O3. The van der Waals surface area contributed by atoms with Gasteiger partial charge >= 0.3 is 0 Å². The maximum atomic E-state index is 6.26. The molecule has 0 saturated carbocycles. The molecule has 1 aromatic heterocycles. The van der Waals surface area contributed by atoms with E-state index in [0.717, 1.165) is 42.0 Å². The molecule has 0 spiro atoms. The molecule has 0 bridgehead atoms. The Morgan fingerprint density at radius 1 is 0.967 bits per heavy atom. The van der Waals surface area contributed by atoms with E-state index in [1.54, 1.807) is 20.5 Å². The predicted molar refractivity (Wildman–Crippen MR) is 119 cm³/mol. The van der Waals surface area contributed by atoms with Crippen molar-refractivity contribution in [2.75, 3.05) is 32.2 Å². The highest BCUT2D eigenvalue weighted by Gasteiger charge is 2.27. The number of benzene rings is 2. The van der Waals surface area contributed by atoms with Gasteiger partial charge < -0.3 is 19.1 Å². The fourth-order valence-electron chi connectivity index (χ4n) is 3.86. The van der Waals surface area contributed by atoms with Crippen LogP contribution in [0.3, 0.4) is 0 Å². The van der Waals surface area contributed by atoms with Gasteiger partial charge in [-0.2, -0.15) is 0 Å². The van der Waals surface area contributed by atoms with E-state index in [1.165, 1.54) is 5.56 Å². The number of methoxy groups -OCH3 is 2. The van der Waals surface area contributed by atoms with Crippen LogP contribution in [-0.4, -0.2) is 43.4 Å². The molecule has 2 aromatic carbocycles. The van der Waals surface area contributed by atoms with Gasteiger partial charge in [0.25, 0.3) is 0 Å². The minimum atomic E-state index is 0.121. The Labute approximate surface area is 177 Å². The molecule has 0 N–H and O–H groups in total. The van der Waals surface area contributed by atoms with Crippen molar-refractivity contribution in [2.45, 2.75) is 38.7 Å². The van der Waals surface area contributed by atoms with Crippen molar-refractivity contribution in [3.63, 3.8) is 0 Å². The van der Waals surface area contributed by atoms with Gasteiger partial charge in [-0.1, -0.05) is 32.9 Å². The second-order valence-corrected chi connectivity index (χ2v) is 8.67. The van der Waals surface area contributed by atoms with Crippen LogP contribution in [0.1, 0.15) is 32.8 Å². The molecule has 0 aliphatic carbocycles. The van der Waals surface area contributed by atoms with E-state index in [0.29, 0.717) is 11.5 Å². The number of hydrogen-bond donors (Lipinski definition) is 0. The topological polar surface area (TPSA) is 56.7 Å². The summed E-state index contributed by atoms with van der Waals surface area (Å²) >= 11 is 0. The molecule has 1 atom stereocenters. The van der Waals surface area contributed by atoms with Gasteiger partial charge in [-0.3, -0.25) is 0 Å². The number of fused-ring (bicyclic) bond motifs is 1. The first-order chi connectivity index (χ1) is 14.4. The molecule has 4 rings (SSSR count). The second kappa shape index (κ2) is 8.01. The van der Waals surface area contributed by atoms with Crippen molar-refractivity contribution < 1.29 is 14.2 Å². The fourth-order valence-corrected chi connectivity index (χ4v) is 3.86. The van der Waals surface area contributed by atoms with Crippen LogP contribution in [0.15, 0.2) is 42.7 Å². The van der Waals surface area contributed by atoms with Gasteiger partial charge in [-0.15, -0.1) is 0 Å². The number of rotatable bonds is 5. The lowest BCUT2D eigenvalue weighted by molar-refractivity contribution is 0.225. The van der Waals surface area contributed by atoms with Crippen LogP contribution in [0.25, 0.3) is 10.9 Å². The normalized spacial score (nSPS) is 16.7. The predicted octanol–water partition coefficient (Wildman–Crippen LogP) is 4.60. The lowest BCUT2D eigenvalue weighted by Gasteiger charge is -2.21. The van der Waals surface area contributed by atoms with E-state index < -0.39 is 0 Å². The smallest absolute Gasteiger partial charge is 0.162 e. The zero-order valence-corrected chi connectivity index (χ0v) is 18.3. The number of ether oxygens (including phenoxy) is 3. The van der Waals surface area contributed by atoms with Crippen molar-refractivity contribution in [1.29, 1.82) is 0 Å². The summed E-state index contributed by atoms with van der Waals surface area (Å²) in [6.45, 7) is 8.31. The van der Waals surface area contributed by atoms with Gasteiger partial charge in [0.2, 0.25) is 0 Å². The molecule has 0 unspecified atom stereocenters. The Balaban J connectivity index is 1.52. The van der Waals surface area contributed by atoms with E-state index in [1.807, 2.05) is 12.1 Å². The minimum Gasteiger partial charge on any atom is -0.493 e. The molecular weight excluding hydrogens is 378 g/mol. The van der Waals surface area contributed by atoms with Crippen LogP contribution in [0.5, 0.6) is 17.2 Å². The summed E-state index contributed by atoms with van der Waals surface area (Å²) in [6, 6.07) is 12.3. The molecule has 2 heterocycles. The minimum absolute atomic E-state index is 0.121.